The van der Waals surface area contributed by atoms with Crippen LogP contribution in [0.1, 0.15) is 75.7 Å². The summed E-state index contributed by atoms with van der Waals surface area (Å²) in [5, 5.41) is 33.0. The fourth-order valence-corrected chi connectivity index (χ4v) is 8.07. The molecule has 0 bridgehead atoms. The predicted molar refractivity (Wildman–Crippen MR) is 206 cm³/mol. The molecule has 57 heavy (non-hydrogen) atoms. The van der Waals surface area contributed by atoms with Gasteiger partial charge in [-0.3, -0.25) is 14.8 Å². The first-order valence-corrected chi connectivity index (χ1v) is 18.5. The number of aromatic nitrogens is 8. The minimum atomic E-state index is -1.18. The third-order valence-electron chi connectivity index (χ3n) is 11.1. The third-order valence-corrected chi connectivity index (χ3v) is 11.4. The molecule has 6 aromatic rings. The van der Waals surface area contributed by atoms with Gasteiger partial charge in [-0.05, 0) is 91.8 Å². The number of pyridine rings is 2. The average Bonchev–Trinajstić information content (AvgIpc) is 3.19. The number of hydrogen-bond acceptors (Lipinski definition) is 12. The van der Waals surface area contributed by atoms with E-state index in [0.717, 1.165) is 61.2 Å². The molecule has 0 saturated heterocycles. The maximum atomic E-state index is 14.6. The van der Waals surface area contributed by atoms with Crippen LogP contribution in [0.25, 0.3) is 22.5 Å². The number of nitrogens with two attached hydrogens (primary N) is 1. The molecule has 14 nitrogen and oxygen atoms in total. The van der Waals surface area contributed by atoms with Crippen molar-refractivity contribution in [2.24, 2.45) is 5.73 Å². The number of halogens is 3. The first kappa shape index (κ1) is 37.4. The molecule has 5 N–H and O–H groups in total. The molecule has 4 heterocycles. The number of carboxylic acid groups (broad SMARTS) is 1. The summed E-state index contributed by atoms with van der Waals surface area (Å²) >= 11 is 7.06. The molecule has 2 aliphatic carbocycles. The van der Waals surface area contributed by atoms with Gasteiger partial charge in [-0.15, -0.1) is 20.4 Å². The van der Waals surface area contributed by atoms with Crippen LogP contribution in [0.15, 0.2) is 85.5 Å². The molecule has 0 radical (unpaired) electrons. The summed E-state index contributed by atoms with van der Waals surface area (Å²) in [6, 6.07) is 15.0. The minimum absolute atomic E-state index is 0.00583. The molecule has 2 fully saturated rings. The largest absolute Gasteiger partial charge is 0.478 e. The van der Waals surface area contributed by atoms with Crippen molar-refractivity contribution in [1.82, 2.24) is 40.3 Å². The van der Waals surface area contributed by atoms with E-state index in [-0.39, 0.29) is 56.9 Å². The van der Waals surface area contributed by atoms with Gasteiger partial charge in [-0.2, -0.15) is 0 Å². The summed E-state index contributed by atoms with van der Waals surface area (Å²) < 4.78 is 29.1. The number of carboxylic acids is 1. The van der Waals surface area contributed by atoms with E-state index >= 15 is 0 Å². The molecular weight excluding hydrogens is 756 g/mol. The smallest absolute Gasteiger partial charge is 0.335 e. The highest BCUT2D eigenvalue weighted by molar-refractivity contribution is 6.31. The lowest BCUT2D eigenvalue weighted by atomic mass is 9.56. The quantitative estimate of drug-likeness (QED) is 0.100. The number of aromatic carboxylic acids is 1. The number of hydrogen-bond donors (Lipinski definition) is 4. The van der Waals surface area contributed by atoms with Crippen LogP contribution < -0.4 is 16.4 Å². The Morgan fingerprint density at radius 2 is 1.44 bits per heavy atom. The average molecular weight is 790 g/mol. The number of anilines is 2. The molecule has 0 aliphatic heterocycles. The Bertz CT molecular complexity index is 2480. The van der Waals surface area contributed by atoms with Gasteiger partial charge in [0.25, 0.3) is 0 Å². The van der Waals surface area contributed by atoms with Crippen LogP contribution in [-0.4, -0.2) is 70.4 Å². The topological polar surface area (TPSA) is 208 Å². The highest BCUT2D eigenvalue weighted by atomic mass is 35.5. The Morgan fingerprint density at radius 3 is 1.95 bits per heavy atom. The zero-order valence-corrected chi connectivity index (χ0v) is 30.9. The van der Waals surface area contributed by atoms with Crippen molar-refractivity contribution >= 4 is 35.4 Å². The van der Waals surface area contributed by atoms with E-state index in [2.05, 4.69) is 41.0 Å². The maximum absolute atomic E-state index is 14.6. The number of rotatable bonds is 13. The summed E-state index contributed by atoms with van der Waals surface area (Å²) in [6.07, 6.45) is 10.7. The van der Waals surface area contributed by atoms with Crippen molar-refractivity contribution in [3.63, 3.8) is 0 Å². The monoisotopic (exact) mass is 789 g/mol. The van der Waals surface area contributed by atoms with Gasteiger partial charge < -0.3 is 21.5 Å². The number of amides is 1. The lowest BCUT2D eigenvalue weighted by Gasteiger charge is -2.50. The number of carbonyl (C=O) groups is 2. The van der Waals surface area contributed by atoms with E-state index in [9.17, 15) is 23.5 Å². The molecule has 17 heteroatoms. The summed E-state index contributed by atoms with van der Waals surface area (Å²) in [5.74, 6) is -2.61. The Kier molecular flexibility index (Phi) is 9.95. The molecule has 2 aliphatic rings. The molecule has 2 saturated carbocycles. The Balaban J connectivity index is 0.984. The Morgan fingerprint density at radius 1 is 0.789 bits per heavy atom. The van der Waals surface area contributed by atoms with Crippen LogP contribution >= 0.6 is 11.6 Å². The van der Waals surface area contributed by atoms with Crippen molar-refractivity contribution in [1.29, 1.82) is 0 Å². The molecule has 2 aromatic carbocycles. The minimum Gasteiger partial charge on any atom is -0.478 e. The number of nitrogens with one attached hydrogen (secondary N) is 2. The number of primary amides is 1. The standard InChI is InChI=1S/C40H34ClF2N11O3/c41-28-16-24(17-46-34(28)39(10-3-11-39)20-49-37-47-19-32(52-53-37)26-15-23(36(56)57)6-8-30(26)43)27-9-12-40(27,33-4-1-2-13-45-33)21-50-38-48-18-31(51-54-38)25-14-22(35(44)55)5-7-29(25)42/h1-2,4-8,13-19,27H,3,9-12,20-21H2,(H2,44,55)(H,56,57)(H,47,49,53)(H,48,50,54). The van der Waals surface area contributed by atoms with Gasteiger partial charge in [0.15, 0.2) is 0 Å². The Hall–Kier alpha value is -6.55. The maximum Gasteiger partial charge on any atom is 0.335 e. The van der Waals surface area contributed by atoms with Gasteiger partial charge >= 0.3 is 5.97 Å². The normalized spacial score (nSPS) is 18.2. The fraction of sp³-hybridized carbons (Fsp3) is 0.250. The van der Waals surface area contributed by atoms with Crippen LogP contribution in [0, 0.1) is 11.6 Å². The van der Waals surface area contributed by atoms with Crippen LogP contribution in [0.4, 0.5) is 20.7 Å². The zero-order chi connectivity index (χ0) is 39.7. The van der Waals surface area contributed by atoms with Gasteiger partial charge in [0.1, 0.15) is 23.0 Å². The molecule has 2 unspecified atom stereocenters. The first-order valence-electron chi connectivity index (χ1n) is 18.1. The van der Waals surface area contributed by atoms with E-state index < -0.39 is 28.9 Å². The van der Waals surface area contributed by atoms with E-state index in [1.165, 1.54) is 36.7 Å². The predicted octanol–water partition coefficient (Wildman–Crippen LogP) is 6.37. The van der Waals surface area contributed by atoms with Crippen LogP contribution in [0.5, 0.6) is 0 Å². The molecule has 8 rings (SSSR count). The van der Waals surface area contributed by atoms with Gasteiger partial charge in [0, 0.05) is 58.7 Å². The van der Waals surface area contributed by atoms with Crippen LogP contribution in [0.3, 0.4) is 0 Å². The Labute approximate surface area is 329 Å². The second-order valence-corrected chi connectivity index (χ2v) is 14.7. The van der Waals surface area contributed by atoms with E-state index in [0.29, 0.717) is 18.1 Å². The molecule has 288 valence electrons. The fourth-order valence-electron chi connectivity index (χ4n) is 7.70. The van der Waals surface area contributed by atoms with Gasteiger partial charge in [0.2, 0.25) is 17.8 Å². The summed E-state index contributed by atoms with van der Waals surface area (Å²) in [4.78, 5) is 41.4. The second-order valence-electron chi connectivity index (χ2n) is 14.3. The van der Waals surface area contributed by atoms with Gasteiger partial charge in [-0.1, -0.05) is 24.1 Å². The van der Waals surface area contributed by atoms with Crippen molar-refractivity contribution < 1.29 is 23.5 Å². The van der Waals surface area contributed by atoms with Crippen molar-refractivity contribution in [2.45, 2.75) is 48.9 Å². The highest BCUT2D eigenvalue weighted by Gasteiger charge is 2.50. The summed E-state index contributed by atoms with van der Waals surface area (Å²) in [6.45, 7) is 0.850. The van der Waals surface area contributed by atoms with Crippen LogP contribution in [0.2, 0.25) is 5.02 Å². The lowest BCUT2D eigenvalue weighted by molar-refractivity contribution is 0.0696. The lowest BCUT2D eigenvalue weighted by Crippen LogP contribution is -2.49. The van der Waals surface area contributed by atoms with Crippen molar-refractivity contribution in [3.05, 3.63) is 130 Å². The van der Waals surface area contributed by atoms with E-state index in [4.69, 9.17) is 27.3 Å². The molecule has 4 aromatic heterocycles. The summed E-state index contributed by atoms with van der Waals surface area (Å²) in [7, 11) is 0. The number of carbonyl (C=O) groups excluding carboxylic acids is 1. The van der Waals surface area contributed by atoms with Crippen LogP contribution in [-0.2, 0) is 10.8 Å². The number of benzene rings is 2. The van der Waals surface area contributed by atoms with Gasteiger partial charge in [0.05, 0.1) is 28.7 Å². The SMILES string of the molecule is NC(=O)c1ccc(F)c(-c2cnc(NCC3(c4ccccn4)CCC3c3cnc(C4(CNc5ncc(-c6cc(C(=O)O)ccc6F)nn5)CCC4)c(Cl)c3)nn2)c1. The zero-order valence-electron chi connectivity index (χ0n) is 30.2. The van der Waals surface area contributed by atoms with Crippen molar-refractivity contribution in [3.8, 4) is 22.5 Å². The number of nitrogens with zero attached hydrogens (tertiary/aromatic N) is 8. The molecule has 1 amide bonds. The van der Waals surface area contributed by atoms with E-state index in [1.807, 2.05) is 30.5 Å². The first-order chi connectivity index (χ1) is 27.5. The summed E-state index contributed by atoms with van der Waals surface area (Å²) in [5.41, 5.74) is 7.55. The second kappa shape index (κ2) is 15.2. The highest BCUT2D eigenvalue weighted by Crippen LogP contribution is 2.55. The molecule has 2 atom stereocenters. The van der Waals surface area contributed by atoms with E-state index in [1.54, 1.807) is 6.20 Å². The molecule has 0 spiro atoms. The van der Waals surface area contributed by atoms with Crippen molar-refractivity contribution in [2.75, 3.05) is 23.7 Å². The van der Waals surface area contributed by atoms with Gasteiger partial charge in [-0.25, -0.2) is 23.5 Å². The molecular formula is C40H34ClF2N11O3. The third kappa shape index (κ3) is 7.19.